The van der Waals surface area contributed by atoms with Gasteiger partial charge in [-0.2, -0.15) is 0 Å². The highest BCUT2D eigenvalue weighted by molar-refractivity contribution is 6.00. The summed E-state index contributed by atoms with van der Waals surface area (Å²) in [6, 6.07) is 9.12. The lowest BCUT2D eigenvalue weighted by atomic mass is 10.1. The first-order chi connectivity index (χ1) is 11.3. The summed E-state index contributed by atoms with van der Waals surface area (Å²) in [5, 5.41) is 14.5. The molecule has 0 aliphatic rings. The maximum absolute atomic E-state index is 12.0. The Kier molecular flexibility index (Phi) is 4.78. The number of benzene rings is 2. The van der Waals surface area contributed by atoms with Crippen LogP contribution in [0.2, 0.25) is 0 Å². The third-order valence-electron chi connectivity index (χ3n) is 3.52. The number of aryl methyl sites for hydroxylation is 1. The SMILES string of the molecule is Cc1ccc(C(=O)O/N=C(\N)c2cccc(N)c2C)cc1[N+](=O)[O-]. The van der Waals surface area contributed by atoms with Gasteiger partial charge in [-0.05, 0) is 31.5 Å². The van der Waals surface area contributed by atoms with Gasteiger partial charge in [0.2, 0.25) is 0 Å². The zero-order chi connectivity index (χ0) is 17.9. The molecule has 2 aromatic carbocycles. The number of anilines is 1. The summed E-state index contributed by atoms with van der Waals surface area (Å²) >= 11 is 0. The van der Waals surface area contributed by atoms with Crippen molar-refractivity contribution in [3.8, 4) is 0 Å². The molecule has 0 radical (unpaired) electrons. The number of nitro groups is 1. The van der Waals surface area contributed by atoms with Crippen LogP contribution in [0.1, 0.15) is 27.0 Å². The van der Waals surface area contributed by atoms with Crippen LogP contribution in [0.15, 0.2) is 41.6 Å². The van der Waals surface area contributed by atoms with Gasteiger partial charge in [-0.25, -0.2) is 4.79 Å². The van der Waals surface area contributed by atoms with Crippen LogP contribution >= 0.6 is 0 Å². The van der Waals surface area contributed by atoms with Gasteiger partial charge in [0, 0.05) is 22.9 Å². The largest absolute Gasteiger partial charge is 0.398 e. The first kappa shape index (κ1) is 16.9. The van der Waals surface area contributed by atoms with Crippen LogP contribution in [-0.2, 0) is 4.84 Å². The number of hydrogen-bond acceptors (Lipinski definition) is 6. The molecule has 0 aliphatic heterocycles. The van der Waals surface area contributed by atoms with Crippen LogP contribution in [-0.4, -0.2) is 16.7 Å². The Morgan fingerprint density at radius 1 is 1.25 bits per heavy atom. The van der Waals surface area contributed by atoms with Gasteiger partial charge in [0.05, 0.1) is 10.5 Å². The van der Waals surface area contributed by atoms with E-state index in [0.29, 0.717) is 22.4 Å². The van der Waals surface area contributed by atoms with E-state index in [2.05, 4.69) is 5.16 Å². The molecular weight excluding hydrogens is 312 g/mol. The Bertz CT molecular complexity index is 846. The number of rotatable bonds is 4. The number of amidine groups is 1. The van der Waals surface area contributed by atoms with Crippen molar-refractivity contribution in [2.24, 2.45) is 10.9 Å². The Labute approximate surface area is 137 Å². The number of oxime groups is 1. The number of nitrogens with zero attached hydrogens (tertiary/aromatic N) is 2. The molecule has 0 fully saturated rings. The van der Waals surface area contributed by atoms with Crippen LogP contribution in [0.25, 0.3) is 0 Å². The second kappa shape index (κ2) is 6.78. The Morgan fingerprint density at radius 3 is 2.62 bits per heavy atom. The molecule has 24 heavy (non-hydrogen) atoms. The first-order valence-electron chi connectivity index (χ1n) is 6.96. The zero-order valence-corrected chi connectivity index (χ0v) is 13.1. The molecule has 0 heterocycles. The van der Waals surface area contributed by atoms with Crippen LogP contribution in [0, 0.1) is 24.0 Å². The van der Waals surface area contributed by atoms with Gasteiger partial charge in [-0.15, -0.1) is 0 Å². The zero-order valence-electron chi connectivity index (χ0n) is 13.1. The molecule has 8 heteroatoms. The minimum Gasteiger partial charge on any atom is -0.398 e. The molecule has 2 aromatic rings. The molecule has 0 saturated heterocycles. The fourth-order valence-corrected chi connectivity index (χ4v) is 2.06. The monoisotopic (exact) mass is 328 g/mol. The van der Waals surface area contributed by atoms with E-state index in [-0.39, 0.29) is 17.1 Å². The van der Waals surface area contributed by atoms with Crippen LogP contribution < -0.4 is 11.5 Å². The Hall–Kier alpha value is -3.42. The van der Waals surface area contributed by atoms with Crippen molar-refractivity contribution >= 4 is 23.2 Å². The minimum absolute atomic E-state index is 0.00754. The van der Waals surface area contributed by atoms with Gasteiger partial charge in [0.25, 0.3) is 5.69 Å². The fraction of sp³-hybridized carbons (Fsp3) is 0.125. The van der Waals surface area contributed by atoms with E-state index >= 15 is 0 Å². The molecule has 0 unspecified atom stereocenters. The predicted molar refractivity (Wildman–Crippen MR) is 89.6 cm³/mol. The summed E-state index contributed by atoms with van der Waals surface area (Å²) in [6.07, 6.45) is 0. The molecule has 8 nitrogen and oxygen atoms in total. The van der Waals surface area contributed by atoms with Gasteiger partial charge in [0.15, 0.2) is 5.84 Å². The van der Waals surface area contributed by atoms with Crippen molar-refractivity contribution in [3.05, 3.63) is 68.8 Å². The molecular formula is C16H16N4O4. The molecule has 2 rings (SSSR count). The van der Waals surface area contributed by atoms with Gasteiger partial charge in [0.1, 0.15) is 0 Å². The van der Waals surface area contributed by atoms with Gasteiger partial charge >= 0.3 is 5.97 Å². The highest BCUT2D eigenvalue weighted by Crippen LogP contribution is 2.20. The summed E-state index contributed by atoms with van der Waals surface area (Å²) in [7, 11) is 0. The quantitative estimate of drug-likeness (QED) is 0.221. The molecule has 0 bridgehead atoms. The lowest BCUT2D eigenvalue weighted by molar-refractivity contribution is -0.385. The number of nitrogens with two attached hydrogens (primary N) is 2. The molecule has 4 N–H and O–H groups in total. The van der Waals surface area contributed by atoms with Crippen molar-refractivity contribution in [2.75, 3.05) is 5.73 Å². The van der Waals surface area contributed by atoms with E-state index in [0.717, 1.165) is 6.07 Å². The number of hydrogen-bond donors (Lipinski definition) is 2. The molecule has 0 atom stereocenters. The number of carbonyl (C=O) groups is 1. The van der Waals surface area contributed by atoms with Crippen molar-refractivity contribution in [3.63, 3.8) is 0 Å². The summed E-state index contributed by atoms with van der Waals surface area (Å²) in [5.74, 6) is -0.864. The summed E-state index contributed by atoms with van der Waals surface area (Å²) in [5.41, 5.74) is 13.6. The normalized spacial score (nSPS) is 11.2. The lowest BCUT2D eigenvalue weighted by Gasteiger charge is -2.07. The second-order valence-corrected chi connectivity index (χ2v) is 5.13. The van der Waals surface area contributed by atoms with E-state index in [1.807, 2.05) is 0 Å². The third kappa shape index (κ3) is 3.49. The molecule has 0 saturated carbocycles. The number of nitro benzene ring substituents is 1. The van der Waals surface area contributed by atoms with E-state index in [1.54, 1.807) is 32.0 Å². The number of carbonyl (C=O) groups excluding carboxylic acids is 1. The summed E-state index contributed by atoms with van der Waals surface area (Å²) in [4.78, 5) is 27.1. The van der Waals surface area contributed by atoms with Gasteiger partial charge in [-0.3, -0.25) is 10.1 Å². The maximum atomic E-state index is 12.0. The van der Waals surface area contributed by atoms with E-state index in [1.165, 1.54) is 12.1 Å². The number of nitrogen functional groups attached to an aromatic ring is 1. The highest BCUT2D eigenvalue weighted by Gasteiger charge is 2.16. The average molecular weight is 328 g/mol. The van der Waals surface area contributed by atoms with Crippen LogP contribution in [0.4, 0.5) is 11.4 Å². The third-order valence-corrected chi connectivity index (χ3v) is 3.52. The maximum Gasteiger partial charge on any atom is 0.366 e. The topological polar surface area (TPSA) is 134 Å². The van der Waals surface area contributed by atoms with Crippen molar-refractivity contribution in [1.29, 1.82) is 0 Å². The van der Waals surface area contributed by atoms with E-state index < -0.39 is 10.9 Å². The van der Waals surface area contributed by atoms with Crippen LogP contribution in [0.5, 0.6) is 0 Å². The Morgan fingerprint density at radius 2 is 1.96 bits per heavy atom. The molecule has 0 aliphatic carbocycles. The molecule has 0 aromatic heterocycles. The van der Waals surface area contributed by atoms with E-state index in [9.17, 15) is 14.9 Å². The minimum atomic E-state index is -0.845. The molecule has 0 amide bonds. The predicted octanol–water partition coefficient (Wildman–Crippen LogP) is 2.27. The standard InChI is InChI=1S/C16H16N4O4/c1-9-6-7-11(8-14(9)20(22)23)16(21)24-19-15(18)12-4-3-5-13(17)10(12)2/h3-8H,17H2,1-2H3,(H2,18,19). The van der Waals surface area contributed by atoms with Gasteiger partial charge in [-0.1, -0.05) is 23.4 Å². The van der Waals surface area contributed by atoms with Crippen LogP contribution in [0.3, 0.4) is 0 Å². The smallest absolute Gasteiger partial charge is 0.366 e. The van der Waals surface area contributed by atoms with E-state index in [4.69, 9.17) is 16.3 Å². The first-order valence-corrected chi connectivity index (χ1v) is 6.96. The summed E-state index contributed by atoms with van der Waals surface area (Å²) < 4.78 is 0. The lowest BCUT2D eigenvalue weighted by Crippen LogP contribution is -2.17. The highest BCUT2D eigenvalue weighted by atomic mass is 16.7. The average Bonchev–Trinajstić information content (AvgIpc) is 2.55. The van der Waals surface area contributed by atoms with Crippen molar-refractivity contribution in [2.45, 2.75) is 13.8 Å². The fourth-order valence-electron chi connectivity index (χ4n) is 2.06. The van der Waals surface area contributed by atoms with Gasteiger partial charge < -0.3 is 16.3 Å². The molecule has 124 valence electrons. The molecule has 0 spiro atoms. The Balaban J connectivity index is 2.22. The second-order valence-electron chi connectivity index (χ2n) is 5.13. The van der Waals surface area contributed by atoms with Crippen molar-refractivity contribution < 1.29 is 14.6 Å². The summed E-state index contributed by atoms with van der Waals surface area (Å²) in [6.45, 7) is 3.34. The van der Waals surface area contributed by atoms with Crippen molar-refractivity contribution in [1.82, 2.24) is 0 Å².